The number of rotatable bonds is 4. The maximum atomic E-state index is 11.3. The number of benzene rings is 1. The van der Waals surface area contributed by atoms with Crippen LogP contribution in [0.3, 0.4) is 0 Å². The maximum absolute atomic E-state index is 11.3. The number of fused-ring (bicyclic) bond motifs is 1. The van der Waals surface area contributed by atoms with Crippen molar-refractivity contribution in [2.45, 2.75) is 19.8 Å². The summed E-state index contributed by atoms with van der Waals surface area (Å²) >= 11 is 1.37. The van der Waals surface area contributed by atoms with Gasteiger partial charge in [-0.1, -0.05) is 37.3 Å². The molecule has 0 atom stereocenters. The van der Waals surface area contributed by atoms with Crippen LogP contribution in [0.1, 0.15) is 25.3 Å². The second-order valence-corrected chi connectivity index (χ2v) is 5.87. The Morgan fingerprint density at radius 1 is 1.43 bits per heavy atom. The number of anilines is 2. The molecule has 21 heavy (non-hydrogen) atoms. The molecular formula is C14H14N4O2S. The summed E-state index contributed by atoms with van der Waals surface area (Å²) in [6.07, 6.45) is 1.65. The molecule has 6 nitrogen and oxygen atoms in total. The lowest BCUT2D eigenvalue weighted by molar-refractivity contribution is -0.389. The quantitative estimate of drug-likeness (QED) is 0.580. The summed E-state index contributed by atoms with van der Waals surface area (Å²) in [4.78, 5) is 15.7. The van der Waals surface area contributed by atoms with E-state index < -0.39 is 4.92 Å². The minimum Gasteiger partial charge on any atom is -0.358 e. The fourth-order valence-corrected chi connectivity index (χ4v) is 2.85. The normalized spacial score (nSPS) is 11.2. The van der Waals surface area contributed by atoms with Crippen LogP contribution in [-0.4, -0.2) is 14.3 Å². The topological polar surface area (TPSA) is 72.5 Å². The van der Waals surface area contributed by atoms with Crippen LogP contribution < -0.4 is 5.32 Å². The Morgan fingerprint density at radius 3 is 2.95 bits per heavy atom. The standard InChI is InChI=1S/C14H14N4O2S/c1-9(2)10-4-3-5-11(8-10)15-12-13(18(19)20)17-6-7-21-14(17)16-12/h3-9,15H,1-2H3. The van der Waals surface area contributed by atoms with Crippen molar-refractivity contribution in [3.63, 3.8) is 0 Å². The van der Waals surface area contributed by atoms with Crippen LogP contribution in [0.25, 0.3) is 4.96 Å². The summed E-state index contributed by atoms with van der Waals surface area (Å²) in [5, 5.41) is 16.1. The lowest BCUT2D eigenvalue weighted by Gasteiger charge is -2.08. The van der Waals surface area contributed by atoms with E-state index >= 15 is 0 Å². The number of nitrogens with zero attached hydrogens (tertiary/aromatic N) is 3. The Balaban J connectivity index is 2.01. The summed E-state index contributed by atoms with van der Waals surface area (Å²) in [7, 11) is 0. The van der Waals surface area contributed by atoms with Crippen LogP contribution in [0.5, 0.6) is 0 Å². The first-order valence-electron chi connectivity index (χ1n) is 6.53. The van der Waals surface area contributed by atoms with Crippen LogP contribution in [0.4, 0.5) is 17.3 Å². The number of imidazole rings is 1. The average Bonchev–Trinajstić information content (AvgIpc) is 2.98. The smallest absolute Gasteiger partial charge is 0.358 e. The van der Waals surface area contributed by atoms with Crippen molar-refractivity contribution in [1.82, 2.24) is 9.38 Å². The molecule has 1 aromatic carbocycles. The van der Waals surface area contributed by atoms with E-state index in [1.807, 2.05) is 24.3 Å². The first-order chi connectivity index (χ1) is 10.1. The highest BCUT2D eigenvalue weighted by Gasteiger charge is 2.23. The zero-order valence-corrected chi connectivity index (χ0v) is 12.4. The average molecular weight is 302 g/mol. The zero-order chi connectivity index (χ0) is 15.0. The van der Waals surface area contributed by atoms with Gasteiger partial charge in [-0.2, -0.15) is 9.38 Å². The number of thiazole rings is 1. The summed E-state index contributed by atoms with van der Waals surface area (Å²) in [6.45, 7) is 4.21. The van der Waals surface area contributed by atoms with E-state index in [2.05, 4.69) is 24.1 Å². The molecule has 0 saturated heterocycles. The van der Waals surface area contributed by atoms with Crippen LogP contribution in [0.2, 0.25) is 0 Å². The molecule has 3 rings (SSSR count). The molecule has 0 saturated carbocycles. The third kappa shape index (κ3) is 2.47. The van der Waals surface area contributed by atoms with Gasteiger partial charge in [0.15, 0.2) is 0 Å². The van der Waals surface area contributed by atoms with E-state index in [1.165, 1.54) is 21.3 Å². The van der Waals surface area contributed by atoms with Crippen molar-refractivity contribution in [2.24, 2.45) is 0 Å². The molecule has 0 unspecified atom stereocenters. The van der Waals surface area contributed by atoms with Gasteiger partial charge in [-0.05, 0) is 28.5 Å². The summed E-state index contributed by atoms with van der Waals surface area (Å²) < 4.78 is 1.49. The first kappa shape index (κ1) is 13.6. The molecule has 2 aromatic heterocycles. The molecule has 0 spiro atoms. The third-order valence-electron chi connectivity index (χ3n) is 3.23. The Labute approximate surface area is 125 Å². The summed E-state index contributed by atoms with van der Waals surface area (Å²) in [5.41, 5.74) is 1.97. The minimum absolute atomic E-state index is 0.0406. The maximum Gasteiger partial charge on any atom is 0.373 e. The van der Waals surface area contributed by atoms with E-state index in [4.69, 9.17) is 0 Å². The molecule has 0 aliphatic heterocycles. The fourth-order valence-electron chi connectivity index (χ4n) is 2.14. The SMILES string of the molecule is CC(C)c1cccc(Nc2nc3sccn3c2[N+](=O)[O-])c1. The van der Waals surface area contributed by atoms with Gasteiger partial charge in [-0.3, -0.25) is 0 Å². The predicted octanol–water partition coefficient (Wildman–Crippen LogP) is 4.17. The van der Waals surface area contributed by atoms with Crippen molar-refractivity contribution >= 4 is 33.6 Å². The van der Waals surface area contributed by atoms with Crippen molar-refractivity contribution < 1.29 is 4.92 Å². The molecule has 0 aliphatic rings. The van der Waals surface area contributed by atoms with Crippen LogP contribution in [0.15, 0.2) is 35.8 Å². The Kier molecular flexibility index (Phi) is 3.34. The van der Waals surface area contributed by atoms with Gasteiger partial charge in [-0.25, -0.2) is 0 Å². The Bertz CT molecular complexity index is 806. The van der Waals surface area contributed by atoms with E-state index in [-0.39, 0.29) is 11.6 Å². The molecule has 0 amide bonds. The number of nitrogens with one attached hydrogen (secondary N) is 1. The van der Waals surface area contributed by atoms with Crippen LogP contribution >= 0.6 is 11.3 Å². The molecule has 1 N–H and O–H groups in total. The highest BCUT2D eigenvalue weighted by Crippen LogP contribution is 2.31. The largest absolute Gasteiger partial charge is 0.373 e. The van der Waals surface area contributed by atoms with Crippen molar-refractivity contribution in [1.29, 1.82) is 0 Å². The number of hydrogen-bond acceptors (Lipinski definition) is 5. The molecule has 0 radical (unpaired) electrons. The third-order valence-corrected chi connectivity index (χ3v) is 3.98. The lowest BCUT2D eigenvalue weighted by Crippen LogP contribution is -1.99. The van der Waals surface area contributed by atoms with Gasteiger partial charge >= 0.3 is 5.82 Å². The van der Waals surface area contributed by atoms with E-state index in [9.17, 15) is 10.1 Å². The highest BCUT2D eigenvalue weighted by atomic mass is 32.1. The molecule has 7 heteroatoms. The lowest BCUT2D eigenvalue weighted by atomic mass is 10.0. The molecule has 0 fully saturated rings. The second-order valence-electron chi connectivity index (χ2n) is 5.00. The molecule has 0 bridgehead atoms. The van der Waals surface area contributed by atoms with Crippen molar-refractivity contribution in [3.05, 3.63) is 51.5 Å². The van der Waals surface area contributed by atoms with Gasteiger partial charge in [0, 0.05) is 11.1 Å². The van der Waals surface area contributed by atoms with Crippen molar-refractivity contribution in [2.75, 3.05) is 5.32 Å². The van der Waals surface area contributed by atoms with Gasteiger partial charge < -0.3 is 15.4 Å². The molecular weight excluding hydrogens is 288 g/mol. The molecule has 108 valence electrons. The fraction of sp³-hybridized carbons (Fsp3) is 0.214. The summed E-state index contributed by atoms with van der Waals surface area (Å²) in [5.74, 6) is 0.626. The monoisotopic (exact) mass is 302 g/mol. The van der Waals surface area contributed by atoms with Gasteiger partial charge in [0.1, 0.15) is 6.20 Å². The van der Waals surface area contributed by atoms with Gasteiger partial charge in [0.2, 0.25) is 5.82 Å². The molecule has 2 heterocycles. The number of hydrogen-bond donors (Lipinski definition) is 1. The highest BCUT2D eigenvalue weighted by molar-refractivity contribution is 7.15. The molecule has 3 aromatic rings. The van der Waals surface area contributed by atoms with E-state index in [0.29, 0.717) is 10.9 Å². The van der Waals surface area contributed by atoms with E-state index in [0.717, 1.165) is 5.69 Å². The van der Waals surface area contributed by atoms with Crippen LogP contribution in [-0.2, 0) is 0 Å². The first-order valence-corrected chi connectivity index (χ1v) is 7.41. The Morgan fingerprint density at radius 2 is 2.24 bits per heavy atom. The Hall–Kier alpha value is -2.41. The zero-order valence-electron chi connectivity index (χ0n) is 11.6. The van der Waals surface area contributed by atoms with Gasteiger partial charge in [0.05, 0.1) is 0 Å². The van der Waals surface area contributed by atoms with E-state index in [1.54, 1.807) is 11.6 Å². The van der Waals surface area contributed by atoms with Gasteiger partial charge in [0.25, 0.3) is 4.96 Å². The summed E-state index contributed by atoms with van der Waals surface area (Å²) in [6, 6.07) is 7.84. The van der Waals surface area contributed by atoms with Gasteiger partial charge in [-0.15, -0.1) is 0 Å². The number of aromatic nitrogens is 2. The minimum atomic E-state index is -0.415. The van der Waals surface area contributed by atoms with Crippen molar-refractivity contribution in [3.8, 4) is 0 Å². The number of nitro groups is 1. The predicted molar refractivity (Wildman–Crippen MR) is 83.5 cm³/mol. The molecule has 0 aliphatic carbocycles. The van der Waals surface area contributed by atoms with Crippen LogP contribution in [0, 0.1) is 10.1 Å². The second kappa shape index (κ2) is 5.17.